The highest BCUT2D eigenvalue weighted by Crippen LogP contribution is 2.25. The molecule has 0 aliphatic heterocycles. The molecular formula is C11H12F3N3O7. The first-order chi connectivity index (χ1) is 11.1. The van der Waals surface area contributed by atoms with Gasteiger partial charge in [0, 0.05) is 0 Å². The molecule has 1 aromatic rings. The Hall–Kier alpha value is -2.70. The molecule has 0 radical (unpaired) electrons. The first-order valence-corrected chi connectivity index (χ1v) is 6.18. The molecule has 0 amide bonds. The summed E-state index contributed by atoms with van der Waals surface area (Å²) in [6.07, 6.45) is -4.56. The predicted octanol–water partition coefficient (Wildman–Crippen LogP) is 0.943. The second-order valence-corrected chi connectivity index (χ2v) is 4.18. The predicted molar refractivity (Wildman–Crippen MR) is 68.4 cm³/mol. The summed E-state index contributed by atoms with van der Waals surface area (Å²) in [6.45, 7) is -2.57. The Morgan fingerprint density at radius 2 is 1.83 bits per heavy atom. The maximum absolute atomic E-state index is 12.0. The van der Waals surface area contributed by atoms with E-state index in [2.05, 4.69) is 19.3 Å². The fourth-order valence-electron chi connectivity index (χ4n) is 1.66. The molecule has 1 aromatic heterocycles. The Bertz CT molecular complexity index is 642. The van der Waals surface area contributed by atoms with E-state index in [0.717, 1.165) is 14.2 Å². The van der Waals surface area contributed by atoms with E-state index < -0.39 is 59.9 Å². The van der Waals surface area contributed by atoms with Crippen molar-refractivity contribution in [3.05, 3.63) is 21.5 Å². The topological polar surface area (TPSA) is 123 Å². The second-order valence-electron chi connectivity index (χ2n) is 4.18. The van der Waals surface area contributed by atoms with E-state index in [1.165, 1.54) is 0 Å². The minimum absolute atomic E-state index is 0.460. The Labute approximate surface area is 132 Å². The molecular weight excluding hydrogens is 343 g/mol. The number of esters is 2. The molecule has 0 N–H and O–H groups in total. The number of ether oxygens (including phenoxy) is 3. The molecule has 0 unspecified atom stereocenters. The zero-order chi connectivity index (χ0) is 18.5. The maximum Gasteiger partial charge on any atom is 0.411 e. The molecule has 24 heavy (non-hydrogen) atoms. The van der Waals surface area contributed by atoms with Crippen LogP contribution in [0.5, 0.6) is 0 Å². The van der Waals surface area contributed by atoms with Gasteiger partial charge >= 0.3 is 23.8 Å². The lowest BCUT2D eigenvalue weighted by Gasteiger charge is -2.08. The third-order valence-electron chi connectivity index (χ3n) is 2.58. The number of hydrogen-bond acceptors (Lipinski definition) is 8. The Kier molecular flexibility index (Phi) is 6.22. The van der Waals surface area contributed by atoms with Gasteiger partial charge in [0.2, 0.25) is 11.4 Å². The van der Waals surface area contributed by atoms with Crippen molar-refractivity contribution < 1.29 is 41.9 Å². The van der Waals surface area contributed by atoms with Crippen molar-refractivity contribution >= 4 is 17.6 Å². The minimum atomic E-state index is -4.56. The number of rotatable bonds is 7. The highest BCUT2D eigenvalue weighted by atomic mass is 19.4. The lowest BCUT2D eigenvalue weighted by molar-refractivity contribution is -0.385. The molecule has 1 heterocycles. The van der Waals surface area contributed by atoms with Crippen molar-refractivity contribution in [1.29, 1.82) is 0 Å². The van der Waals surface area contributed by atoms with Crippen molar-refractivity contribution in [3.8, 4) is 0 Å². The fourth-order valence-corrected chi connectivity index (χ4v) is 1.66. The van der Waals surface area contributed by atoms with Crippen molar-refractivity contribution in [2.75, 3.05) is 27.4 Å². The van der Waals surface area contributed by atoms with Crippen molar-refractivity contribution in [3.63, 3.8) is 0 Å². The molecule has 0 atom stereocenters. The zero-order valence-corrected chi connectivity index (χ0v) is 12.5. The first kappa shape index (κ1) is 19.3. The highest BCUT2D eigenvalue weighted by molar-refractivity contribution is 6.00. The number of alkyl halides is 3. The molecule has 0 saturated heterocycles. The van der Waals surface area contributed by atoms with E-state index in [9.17, 15) is 32.9 Å². The summed E-state index contributed by atoms with van der Waals surface area (Å²) < 4.78 is 49.7. The lowest BCUT2D eigenvalue weighted by atomic mass is 10.3. The highest BCUT2D eigenvalue weighted by Gasteiger charge is 2.37. The standard InChI is InChI=1S/C11H12F3N3O7/c1-22-9(18)6-7(17(20)21)8(10(19)23-2)16(15-6)3-4-24-5-11(12,13)14/h3-5H2,1-2H3. The fraction of sp³-hybridized carbons (Fsp3) is 0.545. The van der Waals surface area contributed by atoms with Crippen LogP contribution < -0.4 is 0 Å². The van der Waals surface area contributed by atoms with Crippen LogP contribution in [0.1, 0.15) is 21.0 Å². The Morgan fingerprint density at radius 1 is 1.25 bits per heavy atom. The van der Waals surface area contributed by atoms with Crippen molar-refractivity contribution in [2.24, 2.45) is 0 Å². The summed E-state index contributed by atoms with van der Waals surface area (Å²) in [5, 5.41) is 14.7. The number of methoxy groups -OCH3 is 2. The van der Waals surface area contributed by atoms with Gasteiger partial charge in [-0.1, -0.05) is 0 Å². The van der Waals surface area contributed by atoms with E-state index in [0.29, 0.717) is 4.68 Å². The quantitative estimate of drug-likeness (QED) is 0.306. The van der Waals surface area contributed by atoms with Gasteiger partial charge in [0.05, 0.1) is 32.3 Å². The van der Waals surface area contributed by atoms with Crippen molar-refractivity contribution in [1.82, 2.24) is 9.78 Å². The van der Waals surface area contributed by atoms with Crippen LogP contribution in [-0.2, 0) is 20.8 Å². The van der Waals surface area contributed by atoms with Gasteiger partial charge in [0.1, 0.15) is 6.61 Å². The van der Waals surface area contributed by atoms with Crippen LogP contribution in [-0.4, -0.2) is 60.3 Å². The number of hydrogen-bond donors (Lipinski definition) is 0. The van der Waals surface area contributed by atoms with Gasteiger partial charge in [-0.3, -0.25) is 10.1 Å². The van der Waals surface area contributed by atoms with Crippen LogP contribution in [0.4, 0.5) is 18.9 Å². The van der Waals surface area contributed by atoms with Gasteiger partial charge in [-0.25, -0.2) is 14.3 Å². The smallest absolute Gasteiger partial charge is 0.411 e. The second kappa shape index (κ2) is 7.72. The number of carbonyl (C=O) groups excluding carboxylic acids is 2. The largest absolute Gasteiger partial charge is 0.464 e. The summed E-state index contributed by atoms with van der Waals surface area (Å²) in [4.78, 5) is 33.3. The van der Waals surface area contributed by atoms with E-state index in [1.807, 2.05) is 0 Å². The number of aromatic nitrogens is 2. The van der Waals surface area contributed by atoms with Gasteiger partial charge in [-0.2, -0.15) is 18.3 Å². The van der Waals surface area contributed by atoms with Crippen LogP contribution >= 0.6 is 0 Å². The number of carbonyl (C=O) groups is 2. The summed E-state index contributed by atoms with van der Waals surface area (Å²) in [7, 11) is 1.87. The third kappa shape index (κ3) is 4.65. The van der Waals surface area contributed by atoms with Crippen LogP contribution in [0.15, 0.2) is 0 Å². The average molecular weight is 355 g/mol. The molecule has 0 bridgehead atoms. The zero-order valence-electron chi connectivity index (χ0n) is 12.5. The monoisotopic (exact) mass is 355 g/mol. The average Bonchev–Trinajstić information content (AvgIpc) is 2.88. The Morgan fingerprint density at radius 3 is 2.29 bits per heavy atom. The summed E-state index contributed by atoms with van der Waals surface area (Å²) in [5.41, 5.74) is -2.46. The van der Waals surface area contributed by atoms with Gasteiger partial charge in [-0.05, 0) is 0 Å². The van der Waals surface area contributed by atoms with E-state index in [-0.39, 0.29) is 0 Å². The molecule has 0 aliphatic carbocycles. The number of nitro groups is 1. The molecule has 0 aromatic carbocycles. The third-order valence-corrected chi connectivity index (χ3v) is 2.58. The van der Waals surface area contributed by atoms with Gasteiger partial charge in [0.25, 0.3) is 0 Å². The van der Waals surface area contributed by atoms with E-state index in [4.69, 9.17) is 0 Å². The first-order valence-electron chi connectivity index (χ1n) is 6.18. The van der Waals surface area contributed by atoms with E-state index in [1.54, 1.807) is 0 Å². The van der Waals surface area contributed by atoms with Crippen LogP contribution in [0, 0.1) is 10.1 Å². The molecule has 0 saturated carbocycles. The Balaban J connectivity index is 3.16. The maximum atomic E-state index is 12.0. The minimum Gasteiger partial charge on any atom is -0.464 e. The molecule has 1 rings (SSSR count). The van der Waals surface area contributed by atoms with Crippen LogP contribution in [0.2, 0.25) is 0 Å². The summed E-state index contributed by atoms with van der Waals surface area (Å²) >= 11 is 0. The van der Waals surface area contributed by atoms with Crippen LogP contribution in [0.25, 0.3) is 0 Å². The van der Waals surface area contributed by atoms with Crippen LogP contribution in [0.3, 0.4) is 0 Å². The SMILES string of the molecule is COC(=O)c1nn(CCOCC(F)(F)F)c(C(=O)OC)c1[N+](=O)[O-]. The molecule has 134 valence electrons. The molecule has 10 nitrogen and oxygen atoms in total. The molecule has 0 aliphatic rings. The summed E-state index contributed by atoms with van der Waals surface area (Å²) in [5.74, 6) is -2.39. The number of halogens is 3. The molecule has 13 heteroatoms. The molecule has 0 fully saturated rings. The van der Waals surface area contributed by atoms with Gasteiger partial charge in [0.15, 0.2) is 0 Å². The molecule has 0 spiro atoms. The normalized spacial score (nSPS) is 11.2. The number of nitrogens with zero attached hydrogens (tertiary/aromatic N) is 3. The van der Waals surface area contributed by atoms with E-state index >= 15 is 0 Å². The van der Waals surface area contributed by atoms with Crippen molar-refractivity contribution in [2.45, 2.75) is 12.7 Å². The van der Waals surface area contributed by atoms with Gasteiger partial charge < -0.3 is 14.2 Å². The lowest BCUT2D eigenvalue weighted by Crippen LogP contribution is -2.21. The van der Waals surface area contributed by atoms with Gasteiger partial charge in [-0.15, -0.1) is 0 Å². The summed E-state index contributed by atoms with van der Waals surface area (Å²) in [6, 6.07) is 0.